The number of hydrogen-bond acceptors (Lipinski definition) is 7. The van der Waals surface area contributed by atoms with Gasteiger partial charge in [0.2, 0.25) is 11.6 Å². The third-order valence-electron chi connectivity index (χ3n) is 4.14. The zero-order valence-corrected chi connectivity index (χ0v) is 14.1. The number of ether oxygens (including phenoxy) is 1. The van der Waals surface area contributed by atoms with Gasteiger partial charge in [0.05, 0.1) is 17.2 Å². The maximum absolute atomic E-state index is 11.6. The summed E-state index contributed by atoms with van der Waals surface area (Å²) in [5.74, 6) is 1.01. The van der Waals surface area contributed by atoms with Crippen molar-refractivity contribution in [1.82, 2.24) is 9.97 Å². The van der Waals surface area contributed by atoms with Crippen LogP contribution in [0.5, 0.6) is 5.75 Å². The van der Waals surface area contributed by atoms with Gasteiger partial charge in [-0.25, -0.2) is 9.97 Å². The fourth-order valence-electron chi connectivity index (χ4n) is 2.99. The van der Waals surface area contributed by atoms with Gasteiger partial charge in [-0.15, -0.1) is 0 Å². The quantitative estimate of drug-likeness (QED) is 0.581. The van der Waals surface area contributed by atoms with Crippen molar-refractivity contribution in [1.29, 1.82) is 0 Å². The topological polar surface area (TPSA) is 102 Å². The van der Waals surface area contributed by atoms with Gasteiger partial charge in [-0.2, -0.15) is 0 Å². The molecule has 3 rings (SSSR count). The largest absolute Gasteiger partial charge is 0.492 e. The number of benzene rings is 1. The molecule has 0 unspecified atom stereocenters. The Labute approximate surface area is 145 Å². The zero-order chi connectivity index (χ0) is 17.6. The van der Waals surface area contributed by atoms with Crippen LogP contribution < -0.4 is 15.4 Å². The standard InChI is InChI=1S/C17H21N5O3/c1-2-25-14-10-6-5-9-13(14)21-17-15(22(23)24)16(18-11-19-17)20-12-7-3-4-8-12/h5-6,9-12H,2-4,7-8H2,1H3,(H2,18,19,20,21). The van der Waals surface area contributed by atoms with Crippen molar-refractivity contribution in [3.63, 3.8) is 0 Å². The molecule has 132 valence electrons. The zero-order valence-electron chi connectivity index (χ0n) is 14.1. The van der Waals surface area contributed by atoms with Gasteiger partial charge in [0.15, 0.2) is 0 Å². The molecule has 1 aliphatic carbocycles. The first-order valence-electron chi connectivity index (χ1n) is 8.43. The Morgan fingerprint density at radius 2 is 1.96 bits per heavy atom. The lowest BCUT2D eigenvalue weighted by Crippen LogP contribution is -2.17. The van der Waals surface area contributed by atoms with E-state index in [1.165, 1.54) is 6.33 Å². The molecular weight excluding hydrogens is 322 g/mol. The van der Waals surface area contributed by atoms with Crippen LogP contribution in [0.1, 0.15) is 32.6 Å². The highest BCUT2D eigenvalue weighted by molar-refractivity contribution is 5.75. The van der Waals surface area contributed by atoms with Gasteiger partial charge < -0.3 is 15.4 Å². The van der Waals surface area contributed by atoms with E-state index >= 15 is 0 Å². The minimum Gasteiger partial charge on any atom is -0.492 e. The predicted molar refractivity (Wildman–Crippen MR) is 95.5 cm³/mol. The molecule has 1 aliphatic rings. The number of anilines is 3. The fourth-order valence-corrected chi connectivity index (χ4v) is 2.99. The second-order valence-electron chi connectivity index (χ2n) is 5.86. The normalized spacial score (nSPS) is 14.3. The van der Waals surface area contributed by atoms with E-state index in [1.807, 2.05) is 19.1 Å². The highest BCUT2D eigenvalue weighted by Crippen LogP contribution is 2.35. The van der Waals surface area contributed by atoms with Gasteiger partial charge in [0.25, 0.3) is 0 Å². The van der Waals surface area contributed by atoms with E-state index in [0.717, 1.165) is 25.7 Å². The number of nitro groups is 1. The van der Waals surface area contributed by atoms with Crippen LogP contribution in [-0.4, -0.2) is 27.5 Å². The maximum Gasteiger partial charge on any atom is 0.353 e. The van der Waals surface area contributed by atoms with E-state index in [9.17, 15) is 10.1 Å². The molecule has 0 amide bonds. The molecule has 1 fully saturated rings. The van der Waals surface area contributed by atoms with Crippen LogP contribution in [0.2, 0.25) is 0 Å². The third kappa shape index (κ3) is 3.96. The van der Waals surface area contributed by atoms with Gasteiger partial charge in [-0.3, -0.25) is 10.1 Å². The first-order valence-corrected chi connectivity index (χ1v) is 8.43. The van der Waals surface area contributed by atoms with Crippen LogP contribution in [0.3, 0.4) is 0 Å². The summed E-state index contributed by atoms with van der Waals surface area (Å²) in [6.07, 6.45) is 5.58. The molecule has 25 heavy (non-hydrogen) atoms. The molecular formula is C17H21N5O3. The molecule has 8 nitrogen and oxygen atoms in total. The first-order chi connectivity index (χ1) is 12.2. The van der Waals surface area contributed by atoms with Crippen molar-refractivity contribution in [3.05, 3.63) is 40.7 Å². The molecule has 0 radical (unpaired) electrons. The average molecular weight is 343 g/mol. The van der Waals surface area contributed by atoms with Crippen LogP contribution in [0.15, 0.2) is 30.6 Å². The first kappa shape index (κ1) is 16.9. The van der Waals surface area contributed by atoms with Crippen LogP contribution >= 0.6 is 0 Å². The molecule has 0 spiro atoms. The Bertz CT molecular complexity index is 747. The molecule has 0 atom stereocenters. The van der Waals surface area contributed by atoms with Crippen molar-refractivity contribution in [2.24, 2.45) is 0 Å². The summed E-state index contributed by atoms with van der Waals surface area (Å²) >= 11 is 0. The van der Waals surface area contributed by atoms with Gasteiger partial charge >= 0.3 is 5.69 Å². The molecule has 1 aromatic heterocycles. The van der Waals surface area contributed by atoms with Crippen molar-refractivity contribution in [2.45, 2.75) is 38.6 Å². The number of aromatic nitrogens is 2. The lowest BCUT2D eigenvalue weighted by molar-refractivity contribution is -0.383. The molecule has 2 aromatic rings. The lowest BCUT2D eigenvalue weighted by atomic mass is 10.2. The van der Waals surface area contributed by atoms with Gasteiger partial charge in [-0.05, 0) is 31.9 Å². The Balaban J connectivity index is 1.92. The van der Waals surface area contributed by atoms with Crippen LogP contribution in [0.4, 0.5) is 23.0 Å². The molecule has 8 heteroatoms. The summed E-state index contributed by atoms with van der Waals surface area (Å²) in [5.41, 5.74) is 0.471. The molecule has 1 heterocycles. The van der Waals surface area contributed by atoms with Crippen LogP contribution in [0, 0.1) is 10.1 Å². The molecule has 0 aliphatic heterocycles. The van der Waals surface area contributed by atoms with Gasteiger partial charge in [0, 0.05) is 6.04 Å². The smallest absolute Gasteiger partial charge is 0.353 e. The van der Waals surface area contributed by atoms with Crippen molar-refractivity contribution >= 4 is 23.0 Å². The highest BCUT2D eigenvalue weighted by Gasteiger charge is 2.26. The van der Waals surface area contributed by atoms with E-state index in [4.69, 9.17) is 4.74 Å². The minimum absolute atomic E-state index is 0.146. The Morgan fingerprint density at radius 1 is 1.24 bits per heavy atom. The summed E-state index contributed by atoms with van der Waals surface area (Å²) in [6.45, 7) is 2.38. The van der Waals surface area contributed by atoms with E-state index in [-0.39, 0.29) is 23.4 Å². The van der Waals surface area contributed by atoms with Gasteiger partial charge in [-0.1, -0.05) is 25.0 Å². The summed E-state index contributed by atoms with van der Waals surface area (Å²) in [7, 11) is 0. The van der Waals surface area contributed by atoms with Crippen molar-refractivity contribution < 1.29 is 9.66 Å². The average Bonchev–Trinajstić information content (AvgIpc) is 3.10. The third-order valence-corrected chi connectivity index (χ3v) is 4.14. The number of nitrogens with zero attached hydrogens (tertiary/aromatic N) is 3. The maximum atomic E-state index is 11.6. The summed E-state index contributed by atoms with van der Waals surface area (Å²) in [4.78, 5) is 19.3. The number of hydrogen-bond donors (Lipinski definition) is 2. The Hall–Kier alpha value is -2.90. The van der Waals surface area contributed by atoms with E-state index in [2.05, 4.69) is 20.6 Å². The van der Waals surface area contributed by atoms with E-state index in [1.54, 1.807) is 12.1 Å². The Kier molecular flexibility index (Phi) is 5.27. The van der Waals surface area contributed by atoms with Crippen LogP contribution in [0.25, 0.3) is 0 Å². The number of para-hydroxylation sites is 2. The predicted octanol–water partition coefficient (Wildman–Crippen LogP) is 3.88. The molecule has 0 bridgehead atoms. The fraction of sp³-hybridized carbons (Fsp3) is 0.412. The van der Waals surface area contributed by atoms with Crippen molar-refractivity contribution in [2.75, 3.05) is 17.2 Å². The second kappa shape index (κ2) is 7.78. The van der Waals surface area contributed by atoms with Gasteiger partial charge in [0.1, 0.15) is 12.1 Å². The number of nitrogens with one attached hydrogen (secondary N) is 2. The van der Waals surface area contributed by atoms with E-state index < -0.39 is 4.92 Å². The number of rotatable bonds is 7. The molecule has 1 aromatic carbocycles. The molecule has 1 saturated carbocycles. The summed E-state index contributed by atoms with van der Waals surface area (Å²) in [6, 6.07) is 7.49. The van der Waals surface area contributed by atoms with Crippen molar-refractivity contribution in [3.8, 4) is 5.75 Å². The highest BCUT2D eigenvalue weighted by atomic mass is 16.6. The lowest BCUT2D eigenvalue weighted by Gasteiger charge is -2.15. The Morgan fingerprint density at radius 3 is 2.68 bits per heavy atom. The monoisotopic (exact) mass is 343 g/mol. The second-order valence-corrected chi connectivity index (χ2v) is 5.86. The van der Waals surface area contributed by atoms with Crippen LogP contribution in [-0.2, 0) is 0 Å². The molecule has 0 saturated heterocycles. The summed E-state index contributed by atoms with van der Waals surface area (Å²) in [5, 5.41) is 17.8. The summed E-state index contributed by atoms with van der Waals surface area (Å²) < 4.78 is 5.56. The van der Waals surface area contributed by atoms with E-state index in [0.29, 0.717) is 18.0 Å². The minimum atomic E-state index is -0.455. The molecule has 2 N–H and O–H groups in total. The SMILES string of the molecule is CCOc1ccccc1Nc1ncnc(NC2CCCC2)c1[N+](=O)[O-].